The maximum Gasteiger partial charge on any atom is -0.0297 e. The third-order valence-corrected chi connectivity index (χ3v) is 4.23. The van der Waals surface area contributed by atoms with Crippen molar-refractivity contribution in [1.82, 2.24) is 0 Å². The standard InChI is InChI=1S/C12H22.C2H6/c1-11(2,3)10-4-6-12(7-5-10)8-9-12;1-2/h10H,4-9H2,1-3H3;1-2H3. The van der Waals surface area contributed by atoms with E-state index in [4.69, 9.17) is 0 Å². The van der Waals surface area contributed by atoms with E-state index in [9.17, 15) is 0 Å². The Balaban J connectivity index is 0.000000461. The van der Waals surface area contributed by atoms with Crippen molar-refractivity contribution in [1.29, 1.82) is 0 Å². The van der Waals surface area contributed by atoms with E-state index in [0.29, 0.717) is 5.41 Å². The van der Waals surface area contributed by atoms with Crippen LogP contribution in [0.15, 0.2) is 0 Å². The zero-order chi connectivity index (χ0) is 10.8. The van der Waals surface area contributed by atoms with Crippen LogP contribution in [0, 0.1) is 16.7 Å². The molecule has 14 heavy (non-hydrogen) atoms. The molecule has 0 aromatic heterocycles. The zero-order valence-corrected chi connectivity index (χ0v) is 10.8. The van der Waals surface area contributed by atoms with Gasteiger partial charge in [-0.05, 0) is 55.3 Å². The van der Waals surface area contributed by atoms with Crippen LogP contribution in [0.3, 0.4) is 0 Å². The van der Waals surface area contributed by atoms with Gasteiger partial charge in [0.15, 0.2) is 0 Å². The first-order chi connectivity index (χ1) is 6.52. The Morgan fingerprint density at radius 1 is 0.857 bits per heavy atom. The van der Waals surface area contributed by atoms with Gasteiger partial charge in [-0.15, -0.1) is 0 Å². The molecular formula is C14H28. The molecule has 1 spiro atoms. The Morgan fingerprint density at radius 3 is 1.57 bits per heavy atom. The van der Waals surface area contributed by atoms with Crippen molar-refractivity contribution in [3.8, 4) is 0 Å². The molecule has 0 atom stereocenters. The minimum atomic E-state index is 0.566. The van der Waals surface area contributed by atoms with Crippen molar-refractivity contribution < 1.29 is 0 Å². The molecule has 0 nitrogen and oxygen atoms in total. The Kier molecular flexibility index (Phi) is 3.66. The van der Waals surface area contributed by atoms with Crippen molar-refractivity contribution in [2.75, 3.05) is 0 Å². The lowest BCUT2D eigenvalue weighted by Crippen LogP contribution is -2.26. The van der Waals surface area contributed by atoms with E-state index in [2.05, 4.69) is 20.8 Å². The van der Waals surface area contributed by atoms with E-state index in [0.717, 1.165) is 11.3 Å². The summed E-state index contributed by atoms with van der Waals surface area (Å²) in [5, 5.41) is 0. The number of hydrogen-bond donors (Lipinski definition) is 0. The third kappa shape index (κ3) is 2.74. The monoisotopic (exact) mass is 196 g/mol. The third-order valence-electron chi connectivity index (χ3n) is 4.23. The van der Waals surface area contributed by atoms with Gasteiger partial charge >= 0.3 is 0 Å². The molecule has 2 fully saturated rings. The summed E-state index contributed by atoms with van der Waals surface area (Å²) in [6.45, 7) is 11.2. The molecule has 0 bridgehead atoms. The summed E-state index contributed by atoms with van der Waals surface area (Å²) < 4.78 is 0. The maximum atomic E-state index is 2.41. The van der Waals surface area contributed by atoms with E-state index < -0.39 is 0 Å². The van der Waals surface area contributed by atoms with Crippen molar-refractivity contribution in [3.63, 3.8) is 0 Å². The average molecular weight is 196 g/mol. The lowest BCUT2D eigenvalue weighted by molar-refractivity contribution is 0.141. The van der Waals surface area contributed by atoms with Crippen molar-refractivity contribution in [2.24, 2.45) is 16.7 Å². The Labute approximate surface area is 90.5 Å². The molecule has 0 saturated heterocycles. The first-order valence-corrected chi connectivity index (χ1v) is 6.52. The minimum absolute atomic E-state index is 0.566. The number of hydrogen-bond acceptors (Lipinski definition) is 0. The topological polar surface area (TPSA) is 0 Å². The summed E-state index contributed by atoms with van der Waals surface area (Å²) in [4.78, 5) is 0. The smallest absolute Gasteiger partial charge is 0.0297 e. The largest absolute Gasteiger partial charge is 0.0683 e. The van der Waals surface area contributed by atoms with E-state index in [1.165, 1.54) is 25.7 Å². The quantitative estimate of drug-likeness (QED) is 0.510. The van der Waals surface area contributed by atoms with E-state index in [-0.39, 0.29) is 0 Å². The molecular weight excluding hydrogens is 168 g/mol. The van der Waals surface area contributed by atoms with Crippen LogP contribution in [-0.4, -0.2) is 0 Å². The Bertz CT molecular complexity index is 159. The number of rotatable bonds is 0. The molecule has 0 aromatic rings. The van der Waals surface area contributed by atoms with Gasteiger partial charge in [0.05, 0.1) is 0 Å². The first kappa shape index (κ1) is 12.1. The van der Waals surface area contributed by atoms with Crippen LogP contribution in [0.1, 0.15) is 73.1 Å². The molecule has 0 aliphatic heterocycles. The summed E-state index contributed by atoms with van der Waals surface area (Å²) in [7, 11) is 0. The van der Waals surface area contributed by atoms with E-state index in [1.54, 1.807) is 12.8 Å². The van der Waals surface area contributed by atoms with Gasteiger partial charge in [-0.1, -0.05) is 34.6 Å². The molecule has 0 amide bonds. The highest BCUT2D eigenvalue weighted by Gasteiger charge is 2.46. The summed E-state index contributed by atoms with van der Waals surface area (Å²) in [5.74, 6) is 1.00. The van der Waals surface area contributed by atoms with Crippen molar-refractivity contribution in [2.45, 2.75) is 73.1 Å². The zero-order valence-electron chi connectivity index (χ0n) is 10.8. The molecule has 0 heteroatoms. The molecule has 2 aliphatic carbocycles. The fourth-order valence-corrected chi connectivity index (χ4v) is 2.77. The van der Waals surface area contributed by atoms with Crippen LogP contribution in [0.25, 0.3) is 0 Å². The Morgan fingerprint density at radius 2 is 1.29 bits per heavy atom. The van der Waals surface area contributed by atoms with Crippen LogP contribution in [0.4, 0.5) is 0 Å². The molecule has 0 N–H and O–H groups in total. The summed E-state index contributed by atoms with van der Waals surface area (Å²) in [6, 6.07) is 0. The van der Waals surface area contributed by atoms with Gasteiger partial charge in [-0.2, -0.15) is 0 Å². The van der Waals surface area contributed by atoms with Crippen LogP contribution in [0.5, 0.6) is 0 Å². The van der Waals surface area contributed by atoms with Crippen LogP contribution in [-0.2, 0) is 0 Å². The summed E-state index contributed by atoms with van der Waals surface area (Å²) >= 11 is 0. The predicted octanol–water partition coefficient (Wildman–Crippen LogP) is 5.03. The summed E-state index contributed by atoms with van der Waals surface area (Å²) in [5.41, 5.74) is 1.44. The SMILES string of the molecule is CC.CC(C)(C)C1CCC2(CC1)CC2. The van der Waals surface area contributed by atoms with Gasteiger partial charge in [-0.3, -0.25) is 0 Å². The molecule has 0 radical (unpaired) electrons. The van der Waals surface area contributed by atoms with Crippen LogP contribution in [0.2, 0.25) is 0 Å². The van der Waals surface area contributed by atoms with Gasteiger partial charge in [0.2, 0.25) is 0 Å². The molecule has 0 aromatic carbocycles. The average Bonchev–Trinajstić information content (AvgIpc) is 2.88. The van der Waals surface area contributed by atoms with Gasteiger partial charge in [0, 0.05) is 0 Å². The maximum absolute atomic E-state index is 2.41. The van der Waals surface area contributed by atoms with E-state index >= 15 is 0 Å². The van der Waals surface area contributed by atoms with Gasteiger partial charge < -0.3 is 0 Å². The second-order valence-corrected chi connectivity index (χ2v) is 6.14. The molecule has 0 unspecified atom stereocenters. The fraction of sp³-hybridized carbons (Fsp3) is 1.00. The highest BCUT2D eigenvalue weighted by molar-refractivity contribution is 4.97. The lowest BCUT2D eigenvalue weighted by atomic mass is 9.69. The van der Waals surface area contributed by atoms with Crippen molar-refractivity contribution >= 4 is 0 Å². The predicted molar refractivity (Wildman–Crippen MR) is 64.4 cm³/mol. The van der Waals surface area contributed by atoms with E-state index in [1.807, 2.05) is 13.8 Å². The fourth-order valence-electron chi connectivity index (χ4n) is 2.77. The first-order valence-electron chi connectivity index (χ1n) is 6.52. The van der Waals surface area contributed by atoms with Gasteiger partial charge in [0.1, 0.15) is 0 Å². The van der Waals surface area contributed by atoms with Crippen molar-refractivity contribution in [3.05, 3.63) is 0 Å². The minimum Gasteiger partial charge on any atom is -0.0683 e. The normalized spacial score (nSPS) is 25.5. The molecule has 84 valence electrons. The Hall–Kier alpha value is 0. The lowest BCUT2D eigenvalue weighted by Gasteiger charge is -2.37. The molecule has 2 saturated carbocycles. The van der Waals surface area contributed by atoms with Gasteiger partial charge in [0.25, 0.3) is 0 Å². The van der Waals surface area contributed by atoms with Gasteiger partial charge in [-0.25, -0.2) is 0 Å². The van der Waals surface area contributed by atoms with Crippen LogP contribution >= 0.6 is 0 Å². The second-order valence-electron chi connectivity index (χ2n) is 6.14. The molecule has 2 rings (SSSR count). The highest BCUT2D eigenvalue weighted by atomic mass is 14.5. The highest BCUT2D eigenvalue weighted by Crippen LogP contribution is 2.58. The molecule has 0 heterocycles. The second kappa shape index (κ2) is 4.24. The molecule has 2 aliphatic rings. The summed E-state index contributed by atoms with van der Waals surface area (Å²) in [6.07, 6.45) is 9.17. The van der Waals surface area contributed by atoms with Crippen LogP contribution < -0.4 is 0 Å².